The van der Waals surface area contributed by atoms with Gasteiger partial charge in [-0.3, -0.25) is 0 Å². The van der Waals surface area contributed by atoms with Gasteiger partial charge in [0.15, 0.2) is 0 Å². The molecule has 0 saturated carbocycles. The molecule has 0 saturated heterocycles. The molecule has 3 N–H and O–H groups in total. The molecular formula is C17H17N3O. The van der Waals surface area contributed by atoms with Crippen LogP contribution in [0.25, 0.3) is 10.9 Å². The number of carbonyl (C=O) groups is 1. The number of aryl methyl sites for hydroxylation is 1. The smallest absolute Gasteiger partial charge is 0.323 e. The fourth-order valence-corrected chi connectivity index (χ4v) is 1.89. The van der Waals surface area contributed by atoms with Gasteiger partial charge < -0.3 is 15.6 Å². The standard InChI is InChI=1S/C17H17N3O/c1-2-12-7-9-13(10-8-12)19-17(21)20-16-11-18-15-6-4-3-5-14(15)16/h3-11,18H,2H2,1H3,(H2,19,20,21)/i3D,4D,5D,6D,9D,10D. The maximum absolute atomic E-state index is 12.3. The number of aromatic amines is 1. The van der Waals surface area contributed by atoms with Crippen LogP contribution in [0.1, 0.15) is 20.7 Å². The monoisotopic (exact) mass is 285 g/mol. The maximum atomic E-state index is 12.3. The fraction of sp³-hybridized carbons (Fsp3) is 0.118. The Morgan fingerprint density at radius 1 is 1.19 bits per heavy atom. The van der Waals surface area contributed by atoms with E-state index in [0.717, 1.165) is 5.56 Å². The van der Waals surface area contributed by atoms with Crippen LogP contribution in [0.5, 0.6) is 0 Å². The van der Waals surface area contributed by atoms with Crippen molar-refractivity contribution >= 4 is 28.3 Å². The maximum Gasteiger partial charge on any atom is 0.323 e. The quantitative estimate of drug-likeness (QED) is 0.657. The van der Waals surface area contributed by atoms with Gasteiger partial charge >= 0.3 is 6.03 Å². The topological polar surface area (TPSA) is 56.9 Å². The Hall–Kier alpha value is -2.75. The van der Waals surface area contributed by atoms with E-state index in [1.54, 1.807) is 12.1 Å². The summed E-state index contributed by atoms with van der Waals surface area (Å²) in [6.45, 7) is 1.91. The number of carbonyl (C=O) groups excluding carboxylic acids is 1. The molecule has 4 nitrogen and oxygen atoms in total. The van der Waals surface area contributed by atoms with Crippen LogP contribution in [0.4, 0.5) is 16.2 Å². The van der Waals surface area contributed by atoms with Crippen molar-refractivity contribution in [1.82, 2.24) is 4.98 Å². The van der Waals surface area contributed by atoms with Crippen LogP contribution in [0.2, 0.25) is 0 Å². The van der Waals surface area contributed by atoms with E-state index in [4.69, 9.17) is 8.22 Å². The number of hydrogen-bond donors (Lipinski definition) is 3. The molecule has 0 aliphatic heterocycles. The molecule has 3 aromatic rings. The lowest BCUT2D eigenvalue weighted by Gasteiger charge is -2.07. The average Bonchev–Trinajstić information content (AvgIpc) is 3.04. The van der Waals surface area contributed by atoms with Gasteiger partial charge in [-0.2, -0.15) is 0 Å². The highest BCUT2D eigenvalue weighted by molar-refractivity contribution is 6.05. The molecule has 0 fully saturated rings. The molecule has 21 heavy (non-hydrogen) atoms. The van der Waals surface area contributed by atoms with Gasteiger partial charge in [-0.1, -0.05) is 37.2 Å². The van der Waals surface area contributed by atoms with Crippen LogP contribution in [0.15, 0.2) is 54.6 Å². The summed E-state index contributed by atoms with van der Waals surface area (Å²) in [5.41, 5.74) is 1.25. The number of para-hydroxylation sites is 1. The average molecular weight is 285 g/mol. The number of anilines is 2. The Balaban J connectivity index is 1.92. The second-order valence-corrected chi connectivity index (χ2v) is 4.41. The molecule has 106 valence electrons. The van der Waals surface area contributed by atoms with Crippen molar-refractivity contribution in [3.63, 3.8) is 0 Å². The summed E-state index contributed by atoms with van der Waals surface area (Å²) in [6.07, 6.45) is 2.05. The molecule has 4 heteroatoms. The second-order valence-electron chi connectivity index (χ2n) is 4.41. The largest absolute Gasteiger partial charge is 0.359 e. The third kappa shape index (κ3) is 2.89. The molecule has 0 atom stereocenters. The van der Waals surface area contributed by atoms with Crippen molar-refractivity contribution < 1.29 is 13.0 Å². The van der Waals surface area contributed by atoms with Crippen LogP contribution in [-0.4, -0.2) is 11.0 Å². The number of nitrogens with one attached hydrogen (secondary N) is 3. The van der Waals surface area contributed by atoms with Gasteiger partial charge in [-0.05, 0) is 30.1 Å². The molecule has 1 heterocycles. The first kappa shape index (κ1) is 7.88. The summed E-state index contributed by atoms with van der Waals surface area (Å²) in [4.78, 5) is 15.1. The minimum atomic E-state index is -0.713. The summed E-state index contributed by atoms with van der Waals surface area (Å²) in [7, 11) is 0. The highest BCUT2D eigenvalue weighted by atomic mass is 16.2. The highest BCUT2D eigenvalue weighted by Gasteiger charge is 2.07. The van der Waals surface area contributed by atoms with Crippen LogP contribution >= 0.6 is 0 Å². The van der Waals surface area contributed by atoms with Gasteiger partial charge in [-0.15, -0.1) is 0 Å². The SMILES string of the molecule is [2H]c1cc(CC)cc([2H])c1NC(=O)Nc1c[nH]c2c([2H])c([2H])c([2H])c([2H])c12. The number of rotatable bonds is 3. The fourth-order valence-electron chi connectivity index (χ4n) is 1.89. The zero-order chi connectivity index (χ0) is 19.9. The van der Waals surface area contributed by atoms with Gasteiger partial charge in [0.1, 0.15) is 0 Å². The number of urea groups is 1. The molecule has 0 aliphatic carbocycles. The summed E-state index contributed by atoms with van der Waals surface area (Å²) in [6, 6.07) is 1.24. The molecule has 3 rings (SSSR count). The summed E-state index contributed by atoms with van der Waals surface area (Å²) < 4.78 is 47.3. The molecule has 2 aromatic carbocycles. The molecule has 2 amide bonds. The molecule has 0 unspecified atom stereocenters. The van der Waals surface area contributed by atoms with Crippen LogP contribution in [-0.2, 0) is 6.42 Å². The van der Waals surface area contributed by atoms with Crippen LogP contribution < -0.4 is 10.6 Å². The predicted molar refractivity (Wildman–Crippen MR) is 86.8 cm³/mol. The number of fused-ring (bicyclic) bond motifs is 1. The first-order valence-corrected chi connectivity index (χ1v) is 6.50. The third-order valence-corrected chi connectivity index (χ3v) is 3.02. The van der Waals surface area contributed by atoms with Crippen LogP contribution in [0, 0.1) is 0 Å². The summed E-state index contributed by atoms with van der Waals surface area (Å²) in [5, 5.41) is 5.14. The Kier molecular flexibility index (Phi) is 2.14. The zero-order valence-corrected chi connectivity index (χ0v) is 11.3. The van der Waals surface area contributed by atoms with E-state index in [9.17, 15) is 4.79 Å². The second kappa shape index (κ2) is 5.71. The minimum absolute atomic E-state index is 0.0235. The van der Waals surface area contributed by atoms with Gasteiger partial charge in [0.2, 0.25) is 0 Å². The third-order valence-electron chi connectivity index (χ3n) is 3.02. The van der Waals surface area contributed by atoms with Crippen molar-refractivity contribution in [2.75, 3.05) is 10.6 Å². The van der Waals surface area contributed by atoms with Gasteiger partial charge in [0, 0.05) is 22.8 Å². The number of amides is 2. The van der Waals surface area contributed by atoms with Crippen molar-refractivity contribution in [2.24, 2.45) is 0 Å². The van der Waals surface area contributed by atoms with E-state index in [2.05, 4.69) is 15.6 Å². The van der Waals surface area contributed by atoms with Crippen LogP contribution in [0.3, 0.4) is 0 Å². The highest BCUT2D eigenvalue weighted by Crippen LogP contribution is 2.22. The van der Waals surface area contributed by atoms with Crippen molar-refractivity contribution in [1.29, 1.82) is 0 Å². The van der Waals surface area contributed by atoms with Crippen molar-refractivity contribution in [3.05, 3.63) is 60.1 Å². The van der Waals surface area contributed by atoms with Gasteiger partial charge in [0.05, 0.1) is 13.9 Å². The zero-order valence-electron chi connectivity index (χ0n) is 17.3. The Morgan fingerprint density at radius 2 is 1.95 bits per heavy atom. The lowest BCUT2D eigenvalue weighted by molar-refractivity contribution is 0.262. The molecular weight excluding hydrogens is 262 g/mol. The number of benzene rings is 2. The normalized spacial score (nSPS) is 14.5. The number of H-pyrrole nitrogens is 1. The lowest BCUT2D eigenvalue weighted by Crippen LogP contribution is -2.19. The van der Waals surface area contributed by atoms with Gasteiger partial charge in [-0.25, -0.2) is 4.79 Å². The number of aromatic nitrogens is 1. The van der Waals surface area contributed by atoms with E-state index < -0.39 is 12.1 Å². The molecule has 0 spiro atoms. The first-order chi connectivity index (χ1) is 12.7. The molecule has 1 aromatic heterocycles. The van der Waals surface area contributed by atoms with Crippen molar-refractivity contribution in [3.8, 4) is 0 Å². The van der Waals surface area contributed by atoms with E-state index >= 15 is 0 Å². The molecule has 0 bridgehead atoms. The number of hydrogen-bond acceptors (Lipinski definition) is 1. The Morgan fingerprint density at radius 3 is 2.71 bits per heavy atom. The van der Waals surface area contributed by atoms with E-state index in [-0.39, 0.29) is 52.5 Å². The first-order valence-electron chi connectivity index (χ1n) is 9.50. The Labute approximate surface area is 131 Å². The minimum Gasteiger partial charge on any atom is -0.359 e. The van der Waals surface area contributed by atoms with E-state index in [1.165, 1.54) is 6.20 Å². The predicted octanol–water partition coefficient (Wildman–Crippen LogP) is 4.37. The van der Waals surface area contributed by atoms with E-state index in [1.807, 2.05) is 6.92 Å². The van der Waals surface area contributed by atoms with Gasteiger partial charge in [0.25, 0.3) is 0 Å². The summed E-state index contributed by atoms with van der Waals surface area (Å²) >= 11 is 0. The summed E-state index contributed by atoms with van der Waals surface area (Å²) in [5.74, 6) is 0. The Bertz CT molecular complexity index is 1040. The molecule has 0 aliphatic rings. The lowest BCUT2D eigenvalue weighted by atomic mass is 10.1. The molecule has 0 radical (unpaired) electrons. The van der Waals surface area contributed by atoms with Crippen molar-refractivity contribution in [2.45, 2.75) is 13.3 Å². The van der Waals surface area contributed by atoms with E-state index in [0.29, 0.717) is 6.42 Å².